The predicted molar refractivity (Wildman–Crippen MR) is 198 cm³/mol. The Hall–Kier alpha value is -4.22. The van der Waals surface area contributed by atoms with Crippen molar-refractivity contribution < 1.29 is 28.8 Å². The molecular weight excluding hydrogens is 660 g/mol. The van der Waals surface area contributed by atoms with Gasteiger partial charge in [-0.15, -0.1) is 6.58 Å². The van der Waals surface area contributed by atoms with Crippen molar-refractivity contribution in [2.24, 2.45) is 28.6 Å². The van der Waals surface area contributed by atoms with E-state index in [0.717, 1.165) is 24.0 Å². The number of hydrogen-bond donors (Lipinski definition) is 4. The molecule has 6 amide bonds. The first-order valence-electron chi connectivity index (χ1n) is 19.0. The summed E-state index contributed by atoms with van der Waals surface area (Å²) < 4.78 is 0. The SMILES string of the molecule is C=CCNC(=O)C(=O)C(CCC)NC(=O)C1[C@@H]2[C@H](CN1C(=O)[C@@H](NC(=O)N[C@H](CN1CCCCC1=O)C(C)(C)C)C1Cc3ccccc3C1)C2(C)C. The Labute approximate surface area is 308 Å². The molecule has 2 saturated heterocycles. The maximum Gasteiger partial charge on any atom is 0.315 e. The zero-order valence-corrected chi connectivity index (χ0v) is 31.8. The van der Waals surface area contributed by atoms with E-state index in [1.54, 1.807) is 4.90 Å². The topological polar surface area (TPSA) is 157 Å². The molecule has 2 heterocycles. The van der Waals surface area contributed by atoms with Crippen LogP contribution in [-0.4, -0.2) is 95.6 Å². The summed E-state index contributed by atoms with van der Waals surface area (Å²) in [6, 6.07) is 4.32. The molecule has 12 nitrogen and oxygen atoms in total. The van der Waals surface area contributed by atoms with Crippen LogP contribution in [-0.2, 0) is 36.8 Å². The average molecular weight is 719 g/mol. The summed E-state index contributed by atoms with van der Waals surface area (Å²) in [6.45, 7) is 17.2. The van der Waals surface area contributed by atoms with E-state index in [0.29, 0.717) is 45.3 Å². The first-order valence-corrected chi connectivity index (χ1v) is 19.0. The lowest BCUT2D eigenvalue weighted by Crippen LogP contribution is -2.62. The molecule has 0 spiro atoms. The second-order valence-electron chi connectivity index (χ2n) is 16.8. The summed E-state index contributed by atoms with van der Waals surface area (Å²) >= 11 is 0. The van der Waals surface area contributed by atoms with Crippen LogP contribution >= 0.6 is 0 Å². The Morgan fingerprint density at radius 3 is 2.29 bits per heavy atom. The van der Waals surface area contributed by atoms with Gasteiger partial charge in [-0.25, -0.2) is 4.79 Å². The highest BCUT2D eigenvalue weighted by Gasteiger charge is 2.69. The molecule has 1 aromatic carbocycles. The van der Waals surface area contributed by atoms with Crippen LogP contribution in [0.3, 0.4) is 0 Å². The lowest BCUT2D eigenvalue weighted by atomic mass is 9.86. The van der Waals surface area contributed by atoms with Crippen LogP contribution in [0.15, 0.2) is 36.9 Å². The van der Waals surface area contributed by atoms with Gasteiger partial charge in [0.05, 0.1) is 12.1 Å². The molecule has 2 unspecified atom stereocenters. The third kappa shape index (κ3) is 8.36. The Morgan fingerprint density at radius 2 is 1.69 bits per heavy atom. The van der Waals surface area contributed by atoms with Crippen LogP contribution in [0.25, 0.3) is 0 Å². The molecule has 4 aliphatic rings. The summed E-state index contributed by atoms with van der Waals surface area (Å²) in [5.41, 5.74) is 1.68. The number of piperidine rings is 2. The Morgan fingerprint density at radius 1 is 1.02 bits per heavy atom. The van der Waals surface area contributed by atoms with Crippen LogP contribution < -0.4 is 21.3 Å². The molecule has 1 saturated carbocycles. The smallest absolute Gasteiger partial charge is 0.315 e. The fraction of sp³-hybridized carbons (Fsp3) is 0.650. The Balaban J connectivity index is 1.38. The summed E-state index contributed by atoms with van der Waals surface area (Å²) in [6.07, 6.45) is 5.78. The first kappa shape index (κ1) is 39.0. The fourth-order valence-electron chi connectivity index (χ4n) is 8.58. The molecule has 0 radical (unpaired) electrons. The minimum Gasteiger partial charge on any atom is -0.346 e. The zero-order valence-electron chi connectivity index (χ0n) is 31.8. The van der Waals surface area contributed by atoms with E-state index in [9.17, 15) is 28.8 Å². The van der Waals surface area contributed by atoms with E-state index < -0.39 is 41.8 Å². The number of carbonyl (C=O) groups excluding carboxylic acids is 6. The number of rotatable bonds is 14. The molecule has 3 fully saturated rings. The van der Waals surface area contributed by atoms with Gasteiger partial charge in [0.2, 0.25) is 23.5 Å². The maximum absolute atomic E-state index is 14.8. The van der Waals surface area contributed by atoms with Crippen molar-refractivity contribution in [1.82, 2.24) is 31.1 Å². The molecule has 2 aliphatic heterocycles. The number of nitrogens with one attached hydrogen (secondary N) is 4. The minimum absolute atomic E-state index is 0.0750. The number of benzene rings is 1. The molecule has 0 bridgehead atoms. The Bertz CT molecular complexity index is 1540. The maximum atomic E-state index is 14.8. The van der Waals surface area contributed by atoms with Crippen molar-refractivity contribution in [1.29, 1.82) is 0 Å². The van der Waals surface area contributed by atoms with Crippen molar-refractivity contribution in [2.75, 3.05) is 26.2 Å². The van der Waals surface area contributed by atoms with Crippen molar-refractivity contribution >= 4 is 35.4 Å². The third-order valence-corrected chi connectivity index (χ3v) is 11.9. The van der Waals surface area contributed by atoms with Gasteiger partial charge in [-0.1, -0.05) is 78.3 Å². The molecule has 52 heavy (non-hydrogen) atoms. The van der Waals surface area contributed by atoms with Crippen LogP contribution in [0.4, 0.5) is 4.79 Å². The number of fused-ring (bicyclic) bond motifs is 2. The van der Waals surface area contributed by atoms with Crippen LogP contribution in [0.1, 0.15) is 84.8 Å². The summed E-state index contributed by atoms with van der Waals surface area (Å²) in [4.78, 5) is 84.8. The number of hydrogen-bond acceptors (Lipinski definition) is 6. The van der Waals surface area contributed by atoms with Crippen LogP contribution in [0.2, 0.25) is 0 Å². The van der Waals surface area contributed by atoms with Gasteiger partial charge in [-0.3, -0.25) is 24.0 Å². The van der Waals surface area contributed by atoms with Gasteiger partial charge < -0.3 is 31.1 Å². The van der Waals surface area contributed by atoms with Gasteiger partial charge in [-0.05, 0) is 71.8 Å². The highest BCUT2D eigenvalue weighted by molar-refractivity contribution is 6.38. The largest absolute Gasteiger partial charge is 0.346 e. The van der Waals surface area contributed by atoms with Gasteiger partial charge >= 0.3 is 6.03 Å². The second kappa shape index (κ2) is 15.8. The van der Waals surface area contributed by atoms with Crippen molar-refractivity contribution in [3.05, 3.63) is 48.0 Å². The number of urea groups is 1. The summed E-state index contributed by atoms with van der Waals surface area (Å²) in [5.74, 6) is -2.56. The van der Waals surface area contributed by atoms with E-state index in [4.69, 9.17) is 0 Å². The number of amides is 6. The lowest BCUT2D eigenvalue weighted by molar-refractivity contribution is -0.144. The molecule has 0 aromatic heterocycles. The molecular formula is C40H58N6O6. The van der Waals surface area contributed by atoms with E-state index in [2.05, 4.69) is 41.7 Å². The van der Waals surface area contributed by atoms with Gasteiger partial charge in [0.15, 0.2) is 0 Å². The highest BCUT2D eigenvalue weighted by Crippen LogP contribution is 2.65. The molecule has 2 aliphatic carbocycles. The molecule has 284 valence electrons. The van der Waals surface area contributed by atoms with E-state index in [1.807, 2.05) is 56.9 Å². The molecule has 6 atom stereocenters. The predicted octanol–water partition coefficient (Wildman–Crippen LogP) is 3.14. The quantitative estimate of drug-likeness (QED) is 0.171. The normalized spacial score (nSPS) is 23.8. The van der Waals surface area contributed by atoms with E-state index in [1.165, 1.54) is 6.08 Å². The number of likely N-dealkylation sites (tertiary alicyclic amines) is 2. The fourth-order valence-corrected chi connectivity index (χ4v) is 8.58. The average Bonchev–Trinajstić information content (AvgIpc) is 3.45. The number of ketones is 1. The Kier molecular flexibility index (Phi) is 11.8. The number of nitrogens with zero attached hydrogens (tertiary/aromatic N) is 2. The third-order valence-electron chi connectivity index (χ3n) is 11.9. The first-order chi connectivity index (χ1) is 24.6. The second-order valence-corrected chi connectivity index (χ2v) is 16.8. The summed E-state index contributed by atoms with van der Waals surface area (Å²) in [7, 11) is 0. The monoisotopic (exact) mass is 718 g/mol. The van der Waals surface area contributed by atoms with Crippen LogP contribution in [0, 0.1) is 28.6 Å². The zero-order chi connectivity index (χ0) is 38.0. The number of carbonyl (C=O) groups is 6. The molecule has 4 N–H and O–H groups in total. The molecule has 1 aromatic rings. The molecule has 5 rings (SSSR count). The minimum atomic E-state index is -1.04. The summed E-state index contributed by atoms with van der Waals surface area (Å²) in [5, 5.41) is 11.5. The molecule has 12 heteroatoms. The van der Waals surface area contributed by atoms with Gasteiger partial charge in [0.1, 0.15) is 12.1 Å². The van der Waals surface area contributed by atoms with Crippen molar-refractivity contribution in [3.63, 3.8) is 0 Å². The van der Waals surface area contributed by atoms with E-state index >= 15 is 0 Å². The number of Topliss-reactive ketones (excluding diaryl/α,β-unsaturated/α-hetero) is 1. The van der Waals surface area contributed by atoms with Gasteiger partial charge in [-0.2, -0.15) is 0 Å². The van der Waals surface area contributed by atoms with E-state index in [-0.39, 0.29) is 59.4 Å². The van der Waals surface area contributed by atoms with Gasteiger partial charge in [0.25, 0.3) is 5.91 Å². The van der Waals surface area contributed by atoms with Crippen molar-refractivity contribution in [3.8, 4) is 0 Å². The lowest BCUT2D eigenvalue weighted by Gasteiger charge is -2.38. The standard InChI is InChI=1S/C40H58N6O6/c1-8-14-28(34(48)36(50)41-18-9-2)42-35(49)33-31-27(40(31,6)7)22-46(33)37(51)32(26-20-24-15-10-11-16-25(24)21-26)44-38(52)43-29(39(3,4)5)23-45-19-13-12-17-30(45)47/h9-11,15-16,26-29,31-33H,2,8,12-14,17-23H2,1,3-7H3,(H,41,50)(H,42,49)(H2,43,44,52)/t27-,28?,29+,31-,32-,33?/m0/s1. The van der Waals surface area contributed by atoms with Crippen LogP contribution in [0.5, 0.6) is 0 Å². The highest BCUT2D eigenvalue weighted by atomic mass is 16.2. The van der Waals surface area contributed by atoms with Gasteiger partial charge in [0, 0.05) is 32.6 Å². The van der Waals surface area contributed by atoms with Crippen molar-refractivity contribution in [2.45, 2.75) is 111 Å².